The van der Waals surface area contributed by atoms with Crippen molar-refractivity contribution in [2.24, 2.45) is 0 Å². The Kier molecular flexibility index (Phi) is 2.60. The number of hydrogen-bond acceptors (Lipinski definition) is 2. The number of aryl methyl sites for hydroxylation is 1. The Morgan fingerprint density at radius 1 is 1.16 bits per heavy atom. The smallest absolute Gasteiger partial charge is 0.256 e. The molecule has 0 unspecified atom stereocenters. The number of nitrogens with one attached hydrogen (secondary N) is 1. The number of rotatable bonds is 1. The molecule has 3 rings (SSSR count). The summed E-state index contributed by atoms with van der Waals surface area (Å²) in [6.07, 6.45) is 1.84. The lowest BCUT2D eigenvalue weighted by Gasteiger charge is -2.00. The molecule has 0 spiro atoms. The fourth-order valence-corrected chi connectivity index (χ4v) is 2.25. The maximum atomic E-state index is 12.0. The van der Waals surface area contributed by atoms with E-state index in [1.807, 2.05) is 37.3 Å². The molecule has 1 amide bonds. The molecule has 0 saturated carbocycles. The van der Waals surface area contributed by atoms with Crippen molar-refractivity contribution in [2.75, 3.05) is 5.32 Å². The Labute approximate surface area is 111 Å². The highest BCUT2D eigenvalue weighted by Gasteiger charge is 2.24. The SMILES string of the molecule is Cc1cccc(/C=C2/C(=O)Nc3ccc(O)cc32)c1. The van der Waals surface area contributed by atoms with Gasteiger partial charge in [0.15, 0.2) is 0 Å². The van der Waals surface area contributed by atoms with Crippen LogP contribution in [0.1, 0.15) is 16.7 Å². The molecule has 19 heavy (non-hydrogen) atoms. The Morgan fingerprint density at radius 3 is 2.79 bits per heavy atom. The van der Waals surface area contributed by atoms with E-state index in [2.05, 4.69) is 5.32 Å². The van der Waals surface area contributed by atoms with Gasteiger partial charge in [0.2, 0.25) is 0 Å². The minimum Gasteiger partial charge on any atom is -0.508 e. The first kappa shape index (κ1) is 11.5. The Balaban J connectivity index is 2.11. The van der Waals surface area contributed by atoms with E-state index >= 15 is 0 Å². The molecule has 1 heterocycles. The predicted molar refractivity (Wildman–Crippen MR) is 75.8 cm³/mol. The number of hydrogen-bond donors (Lipinski definition) is 2. The maximum absolute atomic E-state index is 12.0. The fourth-order valence-electron chi connectivity index (χ4n) is 2.25. The van der Waals surface area contributed by atoms with Gasteiger partial charge in [-0.1, -0.05) is 29.8 Å². The molecule has 0 bridgehead atoms. The summed E-state index contributed by atoms with van der Waals surface area (Å²) in [7, 11) is 0. The maximum Gasteiger partial charge on any atom is 0.256 e. The summed E-state index contributed by atoms with van der Waals surface area (Å²) in [4.78, 5) is 12.0. The number of carbonyl (C=O) groups is 1. The van der Waals surface area contributed by atoms with Crippen LogP contribution >= 0.6 is 0 Å². The number of aromatic hydroxyl groups is 1. The molecule has 94 valence electrons. The monoisotopic (exact) mass is 251 g/mol. The van der Waals surface area contributed by atoms with Crippen LogP contribution < -0.4 is 5.32 Å². The van der Waals surface area contributed by atoms with Crippen molar-refractivity contribution in [3.8, 4) is 5.75 Å². The van der Waals surface area contributed by atoms with Gasteiger partial charge in [0, 0.05) is 16.8 Å². The van der Waals surface area contributed by atoms with Crippen molar-refractivity contribution in [2.45, 2.75) is 6.92 Å². The van der Waals surface area contributed by atoms with E-state index in [4.69, 9.17) is 0 Å². The van der Waals surface area contributed by atoms with Gasteiger partial charge in [0.1, 0.15) is 5.75 Å². The van der Waals surface area contributed by atoms with Crippen molar-refractivity contribution in [3.05, 3.63) is 59.2 Å². The zero-order valence-corrected chi connectivity index (χ0v) is 10.5. The molecule has 2 N–H and O–H groups in total. The molecule has 2 aromatic carbocycles. The van der Waals surface area contributed by atoms with Crippen LogP contribution in [-0.4, -0.2) is 11.0 Å². The van der Waals surface area contributed by atoms with Crippen LogP contribution in [-0.2, 0) is 4.79 Å². The summed E-state index contributed by atoms with van der Waals surface area (Å²) >= 11 is 0. The minimum absolute atomic E-state index is 0.137. The highest BCUT2D eigenvalue weighted by Crippen LogP contribution is 2.35. The quantitative estimate of drug-likeness (QED) is 0.604. The lowest BCUT2D eigenvalue weighted by Crippen LogP contribution is -2.03. The molecule has 1 aliphatic rings. The molecule has 1 aliphatic heterocycles. The molecular weight excluding hydrogens is 238 g/mol. The van der Waals surface area contributed by atoms with Gasteiger partial charge < -0.3 is 10.4 Å². The first-order chi connectivity index (χ1) is 9.13. The molecule has 3 heteroatoms. The summed E-state index contributed by atoms with van der Waals surface area (Å²) < 4.78 is 0. The molecule has 0 aromatic heterocycles. The van der Waals surface area contributed by atoms with Crippen molar-refractivity contribution >= 4 is 23.2 Å². The molecule has 2 aromatic rings. The number of benzene rings is 2. The van der Waals surface area contributed by atoms with E-state index in [0.717, 1.165) is 22.4 Å². The van der Waals surface area contributed by atoms with Crippen molar-refractivity contribution in [3.63, 3.8) is 0 Å². The third-order valence-corrected chi connectivity index (χ3v) is 3.14. The average Bonchev–Trinajstić information content (AvgIpc) is 2.66. The molecule has 0 aliphatic carbocycles. The molecule has 0 radical (unpaired) electrons. The summed E-state index contributed by atoms with van der Waals surface area (Å²) in [5.41, 5.74) is 4.18. The Bertz CT molecular complexity index is 702. The van der Waals surface area contributed by atoms with E-state index < -0.39 is 0 Å². The summed E-state index contributed by atoms with van der Waals surface area (Å²) in [5, 5.41) is 12.3. The third-order valence-electron chi connectivity index (χ3n) is 3.14. The van der Waals surface area contributed by atoms with Crippen LogP contribution in [0.4, 0.5) is 5.69 Å². The van der Waals surface area contributed by atoms with Gasteiger partial charge in [-0.2, -0.15) is 0 Å². The van der Waals surface area contributed by atoms with Crippen LogP contribution in [0, 0.1) is 6.92 Å². The Morgan fingerprint density at radius 2 is 2.00 bits per heavy atom. The number of carbonyl (C=O) groups excluding carboxylic acids is 1. The van der Waals surface area contributed by atoms with Crippen molar-refractivity contribution in [1.82, 2.24) is 0 Å². The molecule has 0 saturated heterocycles. The summed E-state index contributed by atoms with van der Waals surface area (Å²) in [6, 6.07) is 12.8. The second-order valence-electron chi connectivity index (χ2n) is 4.66. The lowest BCUT2D eigenvalue weighted by atomic mass is 10.0. The average molecular weight is 251 g/mol. The Hall–Kier alpha value is -2.55. The van der Waals surface area contributed by atoms with Crippen molar-refractivity contribution in [1.29, 1.82) is 0 Å². The molecule has 0 atom stereocenters. The van der Waals surface area contributed by atoms with Gasteiger partial charge >= 0.3 is 0 Å². The van der Waals surface area contributed by atoms with Gasteiger partial charge in [-0.3, -0.25) is 4.79 Å². The molecule has 0 fully saturated rings. The summed E-state index contributed by atoms with van der Waals surface area (Å²) in [5.74, 6) is 0.0208. The van der Waals surface area contributed by atoms with Crippen LogP contribution in [0.15, 0.2) is 42.5 Å². The molecule has 3 nitrogen and oxygen atoms in total. The normalized spacial score (nSPS) is 15.4. The number of amides is 1. The predicted octanol–water partition coefficient (Wildman–Crippen LogP) is 3.19. The van der Waals surface area contributed by atoms with Gasteiger partial charge in [0.25, 0.3) is 5.91 Å². The third kappa shape index (κ3) is 2.10. The summed E-state index contributed by atoms with van der Waals surface area (Å²) in [6.45, 7) is 2.01. The van der Waals surface area contributed by atoms with Crippen LogP contribution in [0.25, 0.3) is 11.6 Å². The first-order valence-electron chi connectivity index (χ1n) is 6.06. The van der Waals surface area contributed by atoms with Gasteiger partial charge in [-0.05, 0) is 36.8 Å². The van der Waals surface area contributed by atoms with Crippen molar-refractivity contribution < 1.29 is 9.90 Å². The van der Waals surface area contributed by atoms with Gasteiger partial charge in [0.05, 0.1) is 0 Å². The van der Waals surface area contributed by atoms with Gasteiger partial charge in [-0.15, -0.1) is 0 Å². The number of anilines is 1. The van der Waals surface area contributed by atoms with Crippen LogP contribution in [0.5, 0.6) is 5.75 Å². The fraction of sp³-hybridized carbons (Fsp3) is 0.0625. The highest BCUT2D eigenvalue weighted by atomic mass is 16.3. The van der Waals surface area contributed by atoms with Crippen LogP contribution in [0.2, 0.25) is 0 Å². The zero-order chi connectivity index (χ0) is 13.4. The highest BCUT2D eigenvalue weighted by molar-refractivity contribution is 6.35. The standard InChI is InChI=1S/C16H13NO2/c1-10-3-2-4-11(7-10)8-14-13-9-12(18)5-6-15(13)17-16(14)19/h2-9,18H,1H3,(H,17,19)/b14-8+. The van der Waals surface area contributed by atoms with E-state index in [1.165, 1.54) is 0 Å². The van der Waals surface area contributed by atoms with E-state index in [0.29, 0.717) is 5.57 Å². The largest absolute Gasteiger partial charge is 0.508 e. The second-order valence-corrected chi connectivity index (χ2v) is 4.66. The van der Waals surface area contributed by atoms with E-state index in [1.54, 1.807) is 18.2 Å². The number of fused-ring (bicyclic) bond motifs is 1. The minimum atomic E-state index is -0.137. The van der Waals surface area contributed by atoms with Crippen LogP contribution in [0.3, 0.4) is 0 Å². The number of phenolic OH excluding ortho intramolecular Hbond substituents is 1. The van der Waals surface area contributed by atoms with Gasteiger partial charge in [-0.25, -0.2) is 0 Å². The van der Waals surface area contributed by atoms with E-state index in [9.17, 15) is 9.90 Å². The first-order valence-corrected chi connectivity index (χ1v) is 6.06. The number of phenols is 1. The lowest BCUT2D eigenvalue weighted by molar-refractivity contribution is -0.110. The molecular formula is C16H13NO2. The zero-order valence-electron chi connectivity index (χ0n) is 10.5. The topological polar surface area (TPSA) is 49.3 Å². The second kappa shape index (κ2) is 4.28. The van der Waals surface area contributed by atoms with E-state index in [-0.39, 0.29) is 11.7 Å².